The number of para-hydroxylation sites is 4. The Morgan fingerprint density at radius 2 is 0.770 bits per heavy atom. The Kier molecular flexibility index (Phi) is 58.2. The number of rotatable bonds is 38. The summed E-state index contributed by atoms with van der Waals surface area (Å²) in [5.74, 6) is 2.63. The summed E-state index contributed by atoms with van der Waals surface area (Å²) >= 11 is 30.7. The van der Waals surface area contributed by atoms with E-state index >= 15 is 0 Å². The topological polar surface area (TPSA) is 310 Å². The van der Waals surface area contributed by atoms with Gasteiger partial charge in [-0.15, -0.1) is 0 Å². The van der Waals surface area contributed by atoms with Crippen LogP contribution >= 0.6 is 82.6 Å². The van der Waals surface area contributed by atoms with Crippen molar-refractivity contribution in [3.8, 4) is 23.0 Å². The SMILES string of the molecule is NC(=O)Nc1cccc(OCCCCCN2CCN(c3ccccc3)C2=S)c1.Nc1cccc(OCCCCCN2CCN(c3ccccc3)C2=S)c1.O.O.O=C1N(CCCCCOc2cccc([N+](=O)[O-])c2)CCN1c1ccccc1.O=[N+]([O-])c1cccc(OCCCCCN2CCN(c3ccccc3)C2=S)c1.S=PP(P=S)P=S=S=S=S=S=S=S=S.[Cl][Sn][Cl]. The first-order chi connectivity index (χ1) is 60.4. The Morgan fingerprint density at radius 1 is 0.444 bits per heavy atom. The molecule has 0 bridgehead atoms. The number of nitro groups is 2. The summed E-state index contributed by atoms with van der Waals surface area (Å²) in [6.07, 6.45) is 12.1. The third kappa shape index (κ3) is 42.5. The number of amides is 4. The number of nitrogens with two attached hydrogens (primary N) is 2. The minimum absolute atomic E-state index is 0. The Labute approximate surface area is 812 Å². The van der Waals surface area contributed by atoms with Gasteiger partial charge in [-0.2, -0.15) is 0 Å². The van der Waals surface area contributed by atoms with Crippen molar-refractivity contribution in [1.82, 2.24) is 19.6 Å². The fourth-order valence-corrected chi connectivity index (χ4v) is 49.0. The van der Waals surface area contributed by atoms with Gasteiger partial charge in [0, 0.05) is 158 Å². The molecular formula is C81H101Cl2N13O12P4S13Sn. The number of carbonyl (C=O) groups is 2. The molecule has 4 amide bonds. The zero-order valence-electron chi connectivity index (χ0n) is 68.6. The van der Waals surface area contributed by atoms with Crippen LogP contribution in [0, 0.1) is 20.2 Å². The number of urea groups is 2. The Hall–Kier alpha value is -6.00. The van der Waals surface area contributed by atoms with Crippen LogP contribution in [0.25, 0.3) is 0 Å². The summed E-state index contributed by atoms with van der Waals surface area (Å²) in [5.41, 5.74) is 16.8. The summed E-state index contributed by atoms with van der Waals surface area (Å²) in [6.45, 7) is 13.2. The van der Waals surface area contributed by atoms with Gasteiger partial charge in [0.15, 0.2) is 15.3 Å². The van der Waals surface area contributed by atoms with Gasteiger partial charge in [0.05, 0.1) is 55.4 Å². The van der Waals surface area contributed by atoms with Crippen molar-refractivity contribution < 1.29 is 49.3 Å². The maximum absolute atomic E-state index is 12.5. The van der Waals surface area contributed by atoms with E-state index in [2.05, 4.69) is 83.2 Å². The van der Waals surface area contributed by atoms with Gasteiger partial charge in [0.25, 0.3) is 11.4 Å². The number of benzene rings is 8. The molecule has 678 valence electrons. The van der Waals surface area contributed by atoms with Crippen molar-refractivity contribution in [3.05, 3.63) is 239 Å². The molecule has 0 spiro atoms. The van der Waals surface area contributed by atoms with E-state index in [4.69, 9.17) is 120 Å². The van der Waals surface area contributed by atoms with Crippen molar-refractivity contribution in [3.63, 3.8) is 0 Å². The summed E-state index contributed by atoms with van der Waals surface area (Å²) in [4.78, 5) is 61.2. The molecule has 4 heterocycles. The predicted molar refractivity (Wildman–Crippen MR) is 565 cm³/mol. The molecular weight excluding hydrogens is 2080 g/mol. The van der Waals surface area contributed by atoms with Gasteiger partial charge in [-0.25, -0.2) is 9.59 Å². The van der Waals surface area contributed by atoms with Gasteiger partial charge in [-0.3, -0.25) is 25.1 Å². The Balaban J connectivity index is 0.000000280. The van der Waals surface area contributed by atoms with Crippen molar-refractivity contribution in [1.29, 1.82) is 0 Å². The number of nitrogens with zero attached hydrogens (tertiary/aromatic N) is 10. The van der Waals surface area contributed by atoms with Crippen LogP contribution in [0.15, 0.2) is 218 Å². The molecule has 126 heavy (non-hydrogen) atoms. The number of hydrogen-bond donors (Lipinski definition) is 3. The van der Waals surface area contributed by atoms with Crippen LogP contribution in [0.1, 0.15) is 77.0 Å². The molecule has 45 heteroatoms. The zero-order valence-corrected chi connectivity index (χ0v) is 87.2. The van der Waals surface area contributed by atoms with Gasteiger partial charge >= 0.3 is 48.8 Å². The van der Waals surface area contributed by atoms with E-state index in [1.54, 1.807) is 80.8 Å². The molecule has 0 aromatic heterocycles. The van der Waals surface area contributed by atoms with Crippen LogP contribution in [-0.2, 0) is 97.6 Å². The first-order valence-electron chi connectivity index (χ1n) is 39.3. The number of carbonyl (C=O) groups excluding carboxylic acids is 2. The molecule has 0 unspecified atom stereocenters. The monoisotopic (exact) mass is 2180 g/mol. The van der Waals surface area contributed by atoms with E-state index < -0.39 is 34.8 Å². The molecule has 2 radical (unpaired) electrons. The van der Waals surface area contributed by atoms with Crippen LogP contribution in [-0.4, -0.2) is 192 Å². The van der Waals surface area contributed by atoms with E-state index in [1.165, 1.54) is 45.9 Å². The number of non-ortho nitro benzene ring substituents is 2. The van der Waals surface area contributed by atoms with Gasteiger partial charge in [0.1, 0.15) is 23.0 Å². The van der Waals surface area contributed by atoms with E-state index in [0.717, 1.165) is 226 Å². The van der Waals surface area contributed by atoms with Crippen molar-refractivity contribution >= 4 is 272 Å². The molecule has 4 aliphatic rings. The number of unbranched alkanes of at least 4 members (excludes halogenated alkanes) is 8. The van der Waals surface area contributed by atoms with Crippen LogP contribution in [0.2, 0.25) is 0 Å². The van der Waals surface area contributed by atoms with E-state index in [9.17, 15) is 29.8 Å². The molecule has 25 nitrogen and oxygen atoms in total. The number of anilines is 6. The van der Waals surface area contributed by atoms with Crippen LogP contribution in [0.4, 0.5) is 55.1 Å². The van der Waals surface area contributed by atoms with Gasteiger partial charge in [0.2, 0.25) is 0 Å². The van der Waals surface area contributed by atoms with E-state index in [1.807, 2.05) is 128 Å². The molecule has 0 saturated carbocycles. The summed E-state index contributed by atoms with van der Waals surface area (Å²) in [6, 6.07) is 67.5. The number of halogens is 2. The average molecular weight is 2180 g/mol. The number of primary amides is 1. The van der Waals surface area contributed by atoms with Crippen molar-refractivity contribution in [2.45, 2.75) is 77.0 Å². The van der Waals surface area contributed by atoms with Gasteiger partial charge < -0.3 is 81.0 Å². The minimum atomic E-state index is -0.826. The summed E-state index contributed by atoms with van der Waals surface area (Å²) < 4.78 is 22.7. The number of thiocarbonyl (C=S) groups is 3. The zero-order chi connectivity index (χ0) is 88.7. The third-order valence-corrected chi connectivity index (χ3v) is 53.6. The molecule has 4 fully saturated rings. The number of ether oxygens (including phenoxy) is 4. The normalized spacial score (nSPS) is 13.2. The standard InChI is InChI=1S/C21H26N4O2S.C20H23N3O4.C20H23N3O3S.C20H25N3OS.2ClH.2H2O.P4S10.Sn/c22-20(26)23-17-8-7-11-19(16-17)27-15-6-2-5-12-24-13-14-25(21(24)28)18-9-3-1-4-10-18;24-20-21(13-14-22(20)17-8-3-1-4-9-17)12-5-2-6-15-27-19-11-7-10-18(16-19)23(25)26;24-23(25)18-10-7-11-19(16-18)26-15-6-2-5-12-21-13-14-22(20(21)27)17-8-3-1-4-9-17;21-17-8-7-11-19(16-17)24-15-6-2-5-12-22-13-14-23(20(22)25)18-9-3-1-4-10-18;;;;;5-1-4(2-6)3-8-10-12-14-13-11-9-7;/h1,3-4,7-11,16H,2,5-6,12-15H2,(H3,22,23,26);2*1,3-4,7-11,16H,2,5-6,12-15H2;1,3-4,7-11,16H,2,5-6,12-15,21H2;2*1H;2*1H2;;/q;;;;;;;;;+2/p-2. The Bertz CT molecular complexity index is 4920. The summed E-state index contributed by atoms with van der Waals surface area (Å²) in [7, 11) is 25.1. The average Bonchev–Trinajstić information content (AvgIpc) is 1.71. The maximum atomic E-state index is 12.5. The Morgan fingerprint density at radius 3 is 1.13 bits per heavy atom. The number of hydrogen-bond acceptors (Lipinski definition) is 17. The second-order valence-corrected chi connectivity index (χ2v) is 58.1. The van der Waals surface area contributed by atoms with Crippen LogP contribution in [0.3, 0.4) is 0 Å². The van der Waals surface area contributed by atoms with Crippen molar-refractivity contribution in [2.24, 2.45) is 5.73 Å². The summed E-state index contributed by atoms with van der Waals surface area (Å²) in [5, 5.41) is 26.8. The second kappa shape index (κ2) is 66.4. The fourth-order valence-electron chi connectivity index (χ4n) is 12.6. The molecule has 8 aromatic rings. The van der Waals surface area contributed by atoms with Gasteiger partial charge in [-0.05, 0) is 273 Å². The number of nitrogen functional groups attached to an aromatic ring is 1. The molecule has 4 saturated heterocycles. The quantitative estimate of drug-likeness (QED) is 0.00616. The predicted octanol–water partition coefficient (Wildman–Crippen LogP) is 18.9. The van der Waals surface area contributed by atoms with Crippen LogP contribution in [0.5, 0.6) is 23.0 Å². The molecule has 8 aromatic carbocycles. The first-order valence-corrected chi connectivity index (χ1v) is 66.3. The van der Waals surface area contributed by atoms with Crippen molar-refractivity contribution in [2.75, 3.05) is 136 Å². The molecule has 4 aliphatic heterocycles. The van der Waals surface area contributed by atoms with Gasteiger partial charge in [-0.1, -0.05) is 121 Å². The number of nitrogens with one attached hydrogen (secondary N) is 1. The third-order valence-electron chi connectivity index (χ3n) is 18.5. The second-order valence-electron chi connectivity index (χ2n) is 26.8. The first kappa shape index (κ1) is 111. The molecule has 12 rings (SSSR count). The van der Waals surface area contributed by atoms with E-state index in [-0.39, 0.29) is 35.3 Å². The number of nitro benzene ring substituents is 2. The fraction of sp³-hybridized carbons (Fsp3) is 0.346. The molecule has 9 N–H and O–H groups in total. The molecule has 0 aliphatic carbocycles. The molecule has 0 atom stereocenters. The van der Waals surface area contributed by atoms with Crippen LogP contribution < -0.4 is 55.3 Å². The van der Waals surface area contributed by atoms with E-state index in [0.29, 0.717) is 37.0 Å².